The van der Waals surface area contributed by atoms with Crippen LogP contribution in [0.15, 0.2) is 23.4 Å². The van der Waals surface area contributed by atoms with E-state index >= 15 is 0 Å². The zero-order valence-corrected chi connectivity index (χ0v) is 9.79. The predicted molar refractivity (Wildman–Crippen MR) is 61.5 cm³/mol. The number of rotatable bonds is 5. The number of hydrogen-bond acceptors (Lipinski definition) is 4. The molecule has 0 saturated carbocycles. The standard InChI is InChI=1S/C9H11ClN2O2S/c1-7(5-10)6-15-9-8(12(13)14)3-2-4-11-9/h2-4,7H,5-6H2,1H3. The molecule has 0 N–H and O–H groups in total. The number of hydrogen-bond donors (Lipinski definition) is 0. The zero-order valence-electron chi connectivity index (χ0n) is 8.22. The van der Waals surface area contributed by atoms with Gasteiger partial charge < -0.3 is 0 Å². The molecule has 0 amide bonds. The second-order valence-electron chi connectivity index (χ2n) is 3.16. The van der Waals surface area contributed by atoms with Gasteiger partial charge in [0.2, 0.25) is 0 Å². The van der Waals surface area contributed by atoms with Crippen LogP contribution in [0.3, 0.4) is 0 Å². The Labute approximate surface area is 97.2 Å². The van der Waals surface area contributed by atoms with E-state index in [1.54, 1.807) is 12.3 Å². The maximum absolute atomic E-state index is 10.7. The molecule has 0 aliphatic carbocycles. The Kier molecular flexibility index (Phi) is 4.84. The Morgan fingerprint density at radius 3 is 3.07 bits per heavy atom. The Bertz CT molecular complexity index is 349. The predicted octanol–water partition coefficient (Wildman–Crippen LogP) is 2.96. The first-order chi connectivity index (χ1) is 7.15. The molecule has 1 atom stereocenters. The van der Waals surface area contributed by atoms with E-state index < -0.39 is 4.92 Å². The quantitative estimate of drug-likeness (QED) is 0.347. The van der Waals surface area contributed by atoms with Crippen LogP contribution in [0.5, 0.6) is 0 Å². The summed E-state index contributed by atoms with van der Waals surface area (Å²) >= 11 is 7.02. The molecule has 1 heterocycles. The second kappa shape index (κ2) is 5.92. The summed E-state index contributed by atoms with van der Waals surface area (Å²) in [6.07, 6.45) is 1.56. The lowest BCUT2D eigenvalue weighted by atomic mass is 10.3. The average Bonchev–Trinajstić information content (AvgIpc) is 2.26. The first kappa shape index (κ1) is 12.3. The lowest BCUT2D eigenvalue weighted by Gasteiger charge is -2.05. The van der Waals surface area contributed by atoms with Crippen LogP contribution >= 0.6 is 23.4 Å². The van der Waals surface area contributed by atoms with Crippen LogP contribution in [-0.4, -0.2) is 21.5 Å². The van der Waals surface area contributed by atoms with Gasteiger partial charge in [0.25, 0.3) is 0 Å². The van der Waals surface area contributed by atoms with Crippen molar-refractivity contribution in [1.82, 2.24) is 4.98 Å². The van der Waals surface area contributed by atoms with Gasteiger partial charge in [0, 0.05) is 23.9 Å². The molecule has 1 aromatic heterocycles. The lowest BCUT2D eigenvalue weighted by Crippen LogP contribution is -2.00. The van der Waals surface area contributed by atoms with Gasteiger partial charge in [0.15, 0.2) is 5.03 Å². The highest BCUT2D eigenvalue weighted by molar-refractivity contribution is 7.99. The Morgan fingerprint density at radius 2 is 2.47 bits per heavy atom. The second-order valence-corrected chi connectivity index (χ2v) is 4.47. The van der Waals surface area contributed by atoms with E-state index in [0.29, 0.717) is 16.8 Å². The minimum atomic E-state index is -0.416. The molecule has 0 saturated heterocycles. The van der Waals surface area contributed by atoms with E-state index in [0.717, 1.165) is 5.75 Å². The number of halogens is 1. The van der Waals surface area contributed by atoms with Crippen molar-refractivity contribution < 1.29 is 4.92 Å². The normalized spacial score (nSPS) is 12.4. The minimum absolute atomic E-state index is 0.0595. The fraction of sp³-hybridized carbons (Fsp3) is 0.444. The van der Waals surface area contributed by atoms with Crippen LogP contribution in [0, 0.1) is 16.0 Å². The van der Waals surface area contributed by atoms with Crippen molar-refractivity contribution in [1.29, 1.82) is 0 Å². The number of nitrogens with zero attached hydrogens (tertiary/aromatic N) is 2. The van der Waals surface area contributed by atoms with Gasteiger partial charge in [-0.2, -0.15) is 0 Å². The van der Waals surface area contributed by atoms with Crippen molar-refractivity contribution in [3.63, 3.8) is 0 Å². The van der Waals surface area contributed by atoms with E-state index in [1.165, 1.54) is 17.8 Å². The Hall–Kier alpha value is -0.810. The average molecular weight is 247 g/mol. The monoisotopic (exact) mass is 246 g/mol. The van der Waals surface area contributed by atoms with Crippen LogP contribution in [0.1, 0.15) is 6.92 Å². The minimum Gasteiger partial charge on any atom is -0.258 e. The first-order valence-electron chi connectivity index (χ1n) is 4.43. The molecule has 4 nitrogen and oxygen atoms in total. The highest BCUT2D eigenvalue weighted by Gasteiger charge is 2.15. The molecule has 1 rings (SSSR count). The van der Waals surface area contributed by atoms with Crippen molar-refractivity contribution in [3.8, 4) is 0 Å². The molecule has 0 aromatic carbocycles. The molecule has 0 aliphatic rings. The van der Waals surface area contributed by atoms with Crippen molar-refractivity contribution >= 4 is 29.1 Å². The molecule has 1 unspecified atom stereocenters. The van der Waals surface area contributed by atoms with Crippen molar-refractivity contribution in [2.45, 2.75) is 11.9 Å². The molecule has 82 valence electrons. The topological polar surface area (TPSA) is 56.0 Å². The summed E-state index contributed by atoms with van der Waals surface area (Å²) in [4.78, 5) is 14.2. The van der Waals surface area contributed by atoms with Gasteiger partial charge in [-0.15, -0.1) is 11.6 Å². The molecular formula is C9H11ClN2O2S. The molecule has 0 fully saturated rings. The number of pyridine rings is 1. The summed E-state index contributed by atoms with van der Waals surface area (Å²) in [5, 5.41) is 11.1. The summed E-state index contributed by atoms with van der Waals surface area (Å²) in [6.45, 7) is 1.99. The third kappa shape index (κ3) is 3.68. The molecule has 0 aliphatic heterocycles. The van der Waals surface area contributed by atoms with Gasteiger partial charge in [0.05, 0.1) is 4.92 Å². The summed E-state index contributed by atoms with van der Waals surface area (Å²) in [6, 6.07) is 3.02. The highest BCUT2D eigenvalue weighted by atomic mass is 35.5. The van der Waals surface area contributed by atoms with E-state index in [9.17, 15) is 10.1 Å². The molecular weight excluding hydrogens is 236 g/mol. The number of aromatic nitrogens is 1. The maximum Gasteiger partial charge on any atom is 0.301 e. The van der Waals surface area contributed by atoms with Crippen LogP contribution in [-0.2, 0) is 0 Å². The largest absolute Gasteiger partial charge is 0.301 e. The molecule has 0 spiro atoms. The third-order valence-corrected chi connectivity index (χ3v) is 3.57. The molecule has 15 heavy (non-hydrogen) atoms. The van der Waals surface area contributed by atoms with Crippen LogP contribution < -0.4 is 0 Å². The Morgan fingerprint density at radius 1 is 1.73 bits per heavy atom. The first-order valence-corrected chi connectivity index (χ1v) is 5.95. The summed E-state index contributed by atoms with van der Waals surface area (Å²) in [5.41, 5.74) is 0.0595. The summed E-state index contributed by atoms with van der Waals surface area (Å²) < 4.78 is 0. The fourth-order valence-electron chi connectivity index (χ4n) is 0.898. The van der Waals surface area contributed by atoms with Crippen LogP contribution in [0.25, 0.3) is 0 Å². The number of nitro groups is 1. The van der Waals surface area contributed by atoms with Crippen molar-refractivity contribution in [3.05, 3.63) is 28.4 Å². The molecule has 0 bridgehead atoms. The van der Waals surface area contributed by atoms with Gasteiger partial charge in [-0.05, 0) is 12.0 Å². The van der Waals surface area contributed by atoms with Gasteiger partial charge in [-0.1, -0.05) is 18.7 Å². The van der Waals surface area contributed by atoms with Gasteiger partial charge in [-0.3, -0.25) is 10.1 Å². The van der Waals surface area contributed by atoms with Crippen LogP contribution in [0.2, 0.25) is 0 Å². The maximum atomic E-state index is 10.7. The highest BCUT2D eigenvalue weighted by Crippen LogP contribution is 2.27. The van der Waals surface area contributed by atoms with E-state index in [1.807, 2.05) is 6.92 Å². The van der Waals surface area contributed by atoms with E-state index in [2.05, 4.69) is 4.98 Å². The number of alkyl halides is 1. The summed E-state index contributed by atoms with van der Waals surface area (Å²) in [5.74, 6) is 1.60. The van der Waals surface area contributed by atoms with Gasteiger partial charge >= 0.3 is 5.69 Å². The summed E-state index contributed by atoms with van der Waals surface area (Å²) in [7, 11) is 0. The van der Waals surface area contributed by atoms with E-state index in [-0.39, 0.29) is 5.69 Å². The SMILES string of the molecule is CC(CCl)CSc1ncccc1[N+](=O)[O-]. The fourth-order valence-corrected chi connectivity index (χ4v) is 2.12. The molecule has 1 aromatic rings. The van der Waals surface area contributed by atoms with Crippen molar-refractivity contribution in [2.75, 3.05) is 11.6 Å². The third-order valence-electron chi connectivity index (χ3n) is 1.72. The Balaban J connectivity index is 2.72. The molecule has 0 radical (unpaired) electrons. The molecule has 6 heteroatoms. The van der Waals surface area contributed by atoms with Gasteiger partial charge in [-0.25, -0.2) is 4.98 Å². The zero-order chi connectivity index (χ0) is 11.3. The smallest absolute Gasteiger partial charge is 0.258 e. The van der Waals surface area contributed by atoms with Crippen molar-refractivity contribution in [2.24, 2.45) is 5.92 Å². The van der Waals surface area contributed by atoms with E-state index in [4.69, 9.17) is 11.6 Å². The van der Waals surface area contributed by atoms with Crippen LogP contribution in [0.4, 0.5) is 5.69 Å². The lowest BCUT2D eigenvalue weighted by molar-refractivity contribution is -0.388. The number of thioether (sulfide) groups is 1. The van der Waals surface area contributed by atoms with Gasteiger partial charge in [0.1, 0.15) is 0 Å².